The molecule has 2 saturated carbocycles. The molecule has 2 N–H and O–H groups in total. The third-order valence-corrected chi connectivity index (χ3v) is 19.4. The number of nitrogens with one attached hydrogen (secondary N) is 2. The predicted octanol–water partition coefficient (Wildman–Crippen LogP) is 5.83. The smallest absolute Gasteiger partial charge is 0.238 e. The number of rotatable bonds is 9. The van der Waals surface area contributed by atoms with Crippen molar-refractivity contribution in [2.45, 2.75) is 152 Å². The SMILES string of the molecule is CC(C)n1cnc2cc(-c3ccc4c(c3)N(C3CC(N5C6CCC5COC6)C3)C(=O)C43CCN(C(=O)C4(C)CCN(C(=O)C5CCN(C6=NCC(C7CCC(=O)NC7=O)C=C6)CC5)CC4)CC3)nc(NC3CC3)c21. The second-order valence-electron chi connectivity index (χ2n) is 24.2. The van der Waals surface area contributed by atoms with Gasteiger partial charge in [0.2, 0.25) is 29.5 Å². The maximum absolute atomic E-state index is 15.4. The number of benzene rings is 1. The summed E-state index contributed by atoms with van der Waals surface area (Å²) in [4.78, 5) is 94.3. The second-order valence-corrected chi connectivity index (χ2v) is 24.2. The molecule has 13 rings (SSSR count). The third-order valence-electron chi connectivity index (χ3n) is 19.4. The van der Waals surface area contributed by atoms with Gasteiger partial charge in [-0.3, -0.25) is 39.2 Å². The Labute approximate surface area is 433 Å². The Morgan fingerprint density at radius 2 is 1.57 bits per heavy atom. The van der Waals surface area contributed by atoms with Crippen molar-refractivity contribution >= 4 is 57.9 Å². The molecule has 2 aromatic heterocycles. The van der Waals surface area contributed by atoms with Crippen LogP contribution < -0.4 is 15.5 Å². The number of imidazole rings is 1. The highest BCUT2D eigenvalue weighted by atomic mass is 16.5. The van der Waals surface area contributed by atoms with Crippen molar-refractivity contribution in [1.29, 1.82) is 0 Å². The number of hydrogen-bond acceptors (Lipinski definition) is 12. The summed E-state index contributed by atoms with van der Waals surface area (Å²) < 4.78 is 8.16. The predicted molar refractivity (Wildman–Crippen MR) is 280 cm³/mol. The van der Waals surface area contributed by atoms with Crippen molar-refractivity contribution in [2.24, 2.45) is 28.2 Å². The lowest BCUT2D eigenvalue weighted by Crippen LogP contribution is -2.62. The zero-order chi connectivity index (χ0) is 50.6. The van der Waals surface area contributed by atoms with Crippen LogP contribution in [0, 0.1) is 23.2 Å². The van der Waals surface area contributed by atoms with Gasteiger partial charge >= 0.3 is 0 Å². The van der Waals surface area contributed by atoms with Crippen LogP contribution in [0.1, 0.15) is 122 Å². The van der Waals surface area contributed by atoms with E-state index in [0.29, 0.717) is 95.4 Å². The number of carbonyl (C=O) groups excluding carboxylic acids is 5. The summed E-state index contributed by atoms with van der Waals surface area (Å²) in [6.07, 6.45) is 17.4. The number of morpholine rings is 1. The minimum absolute atomic E-state index is 0.0131. The van der Waals surface area contributed by atoms with Gasteiger partial charge in [-0.2, -0.15) is 0 Å². The number of ether oxygens (including phenoxy) is 1. The van der Waals surface area contributed by atoms with E-state index >= 15 is 4.79 Å². The van der Waals surface area contributed by atoms with Gasteiger partial charge in [0.15, 0.2) is 5.82 Å². The molecule has 17 heteroatoms. The van der Waals surface area contributed by atoms with Crippen molar-refractivity contribution in [3.8, 4) is 11.3 Å². The van der Waals surface area contributed by atoms with Crippen LogP contribution in [-0.2, 0) is 34.1 Å². The fraction of sp³-hybridized carbons (Fsp3) is 0.649. The Morgan fingerprint density at radius 1 is 0.838 bits per heavy atom. The minimum Gasteiger partial charge on any atom is -0.378 e. The van der Waals surface area contributed by atoms with E-state index in [1.807, 2.05) is 22.2 Å². The normalized spacial score (nSPS) is 30.0. The van der Waals surface area contributed by atoms with Crippen molar-refractivity contribution in [1.82, 2.24) is 39.5 Å². The van der Waals surface area contributed by atoms with Gasteiger partial charge in [-0.1, -0.05) is 25.1 Å². The van der Waals surface area contributed by atoms with E-state index in [9.17, 15) is 19.2 Å². The second kappa shape index (κ2) is 18.6. The van der Waals surface area contributed by atoms with Crippen LogP contribution in [0.3, 0.4) is 0 Å². The van der Waals surface area contributed by atoms with E-state index in [1.165, 1.54) is 12.8 Å². The summed E-state index contributed by atoms with van der Waals surface area (Å²) in [7, 11) is 0. The lowest BCUT2D eigenvalue weighted by atomic mass is 9.72. The van der Waals surface area contributed by atoms with Crippen LogP contribution in [0.25, 0.3) is 22.3 Å². The van der Waals surface area contributed by atoms with Gasteiger partial charge in [-0.25, -0.2) is 9.97 Å². The van der Waals surface area contributed by atoms with Crippen LogP contribution in [0.4, 0.5) is 11.5 Å². The number of aliphatic imine (C=N–C) groups is 1. The summed E-state index contributed by atoms with van der Waals surface area (Å²) in [5, 5.41) is 6.18. The lowest BCUT2D eigenvalue weighted by molar-refractivity contribution is -0.150. The molecular formula is C57H73N11O6. The molecule has 3 aromatic rings. The Kier molecular flexibility index (Phi) is 12.0. The van der Waals surface area contributed by atoms with Gasteiger partial charge in [0.25, 0.3) is 0 Å². The number of imide groups is 1. The topological polar surface area (TPSA) is 178 Å². The van der Waals surface area contributed by atoms with Gasteiger partial charge in [-0.15, -0.1) is 0 Å². The number of pyridine rings is 1. The molecule has 74 heavy (non-hydrogen) atoms. The standard InChI is InChI=1S/C57H73N11O6/c1-34(2)66-33-59-46-29-45(61-51(50(46)66)60-38-6-7-38)36-4-11-44-47(26-36)68(42-27-41(28-42)67-39-8-9-40(67)32-74-31-39)55(73)57(44)18-24-65(25-19-57)54(72)56(3)16-22-64(23-17-56)53(71)35-14-20-63(21-15-35)48-12-5-37(30-58-48)43-10-13-49(69)62-52(43)70/h4-5,11-12,26,29,33-35,37-43H,6-10,13-25,27-28,30-32H2,1-3H3,(H,60,61)(H,62,69,70). The number of piperidine rings is 4. The first-order valence-electron chi connectivity index (χ1n) is 28.2. The van der Waals surface area contributed by atoms with E-state index in [4.69, 9.17) is 19.7 Å². The van der Waals surface area contributed by atoms with Crippen LogP contribution in [0.15, 0.2) is 47.7 Å². The Morgan fingerprint density at radius 3 is 2.24 bits per heavy atom. The molecule has 0 radical (unpaired) electrons. The number of carbonyl (C=O) groups is 5. The fourth-order valence-corrected chi connectivity index (χ4v) is 14.6. The van der Waals surface area contributed by atoms with Gasteiger partial charge in [0, 0.05) is 123 Å². The number of fused-ring (bicyclic) bond motifs is 5. The van der Waals surface area contributed by atoms with E-state index in [-0.39, 0.29) is 59.4 Å². The first kappa shape index (κ1) is 48.0. The van der Waals surface area contributed by atoms with E-state index in [2.05, 4.69) is 81.0 Å². The third kappa shape index (κ3) is 8.24. The molecular weight excluding hydrogens is 935 g/mol. The quantitative estimate of drug-likeness (QED) is 0.247. The van der Waals surface area contributed by atoms with E-state index in [1.54, 1.807) is 0 Å². The van der Waals surface area contributed by atoms with E-state index in [0.717, 1.165) is 110 Å². The van der Waals surface area contributed by atoms with Gasteiger partial charge < -0.3 is 34.2 Å². The molecule has 8 fully saturated rings. The number of anilines is 2. The van der Waals surface area contributed by atoms with Crippen molar-refractivity contribution in [3.05, 3.63) is 48.3 Å². The van der Waals surface area contributed by atoms with Crippen molar-refractivity contribution in [3.63, 3.8) is 0 Å². The molecule has 2 bridgehead atoms. The molecule has 392 valence electrons. The molecule has 10 aliphatic rings. The molecule has 1 aromatic carbocycles. The minimum atomic E-state index is -0.704. The first-order valence-corrected chi connectivity index (χ1v) is 28.2. The van der Waals surface area contributed by atoms with Crippen LogP contribution >= 0.6 is 0 Å². The van der Waals surface area contributed by atoms with Gasteiger partial charge in [-0.05, 0) is 121 Å². The first-order chi connectivity index (χ1) is 35.8. The zero-order valence-corrected chi connectivity index (χ0v) is 43.5. The molecule has 17 nitrogen and oxygen atoms in total. The van der Waals surface area contributed by atoms with Crippen molar-refractivity contribution in [2.75, 3.05) is 69.2 Å². The highest BCUT2D eigenvalue weighted by Gasteiger charge is 2.58. The summed E-state index contributed by atoms with van der Waals surface area (Å²) >= 11 is 0. The van der Waals surface area contributed by atoms with Gasteiger partial charge in [0.05, 0.1) is 36.2 Å². The number of likely N-dealkylation sites (tertiary alicyclic amines) is 3. The average Bonchev–Trinajstić information content (AvgIpc) is 4.01. The number of nitrogens with zero attached hydrogens (tertiary/aromatic N) is 9. The van der Waals surface area contributed by atoms with Crippen molar-refractivity contribution < 1.29 is 28.7 Å². The van der Waals surface area contributed by atoms with E-state index < -0.39 is 10.8 Å². The van der Waals surface area contributed by atoms with Crippen LogP contribution in [0.2, 0.25) is 0 Å². The molecule has 4 atom stereocenters. The maximum atomic E-state index is 15.4. The number of amides is 5. The van der Waals surface area contributed by atoms with Gasteiger partial charge in [0.1, 0.15) is 11.4 Å². The largest absolute Gasteiger partial charge is 0.378 e. The Bertz CT molecular complexity index is 2810. The molecule has 4 unspecified atom stereocenters. The highest BCUT2D eigenvalue weighted by Crippen LogP contribution is 2.53. The molecule has 10 heterocycles. The number of aromatic nitrogens is 3. The molecule has 8 aliphatic heterocycles. The van der Waals surface area contributed by atoms with Crippen LogP contribution in [-0.4, -0.2) is 159 Å². The van der Waals surface area contributed by atoms with Crippen LogP contribution in [0.5, 0.6) is 0 Å². The summed E-state index contributed by atoms with van der Waals surface area (Å²) in [6, 6.07) is 10.9. The number of amidine groups is 1. The number of dihydropyridines is 1. The summed E-state index contributed by atoms with van der Waals surface area (Å²) in [5.41, 5.74) is 4.57. The Hall–Kier alpha value is -5.68. The zero-order valence-electron chi connectivity index (χ0n) is 43.5. The molecule has 2 aliphatic carbocycles. The fourth-order valence-electron chi connectivity index (χ4n) is 14.6. The summed E-state index contributed by atoms with van der Waals surface area (Å²) in [6.45, 7) is 12.2. The highest BCUT2D eigenvalue weighted by molar-refractivity contribution is 6.10. The monoisotopic (exact) mass is 1010 g/mol. The molecule has 5 amide bonds. The average molecular weight is 1010 g/mol. The summed E-state index contributed by atoms with van der Waals surface area (Å²) in [5.74, 6) is 1.58. The molecule has 6 saturated heterocycles. The maximum Gasteiger partial charge on any atom is 0.238 e. The lowest BCUT2D eigenvalue weighted by Gasteiger charge is -2.50. The number of hydrogen-bond donors (Lipinski definition) is 2. The molecule has 1 spiro atoms. The Balaban J connectivity index is 0.671.